The van der Waals surface area contributed by atoms with Crippen LogP contribution < -0.4 is 5.32 Å². The molecule has 3 nitrogen and oxygen atoms in total. The highest BCUT2D eigenvalue weighted by atomic mass is 16.2. The Morgan fingerprint density at radius 1 is 1.06 bits per heavy atom. The molecule has 0 atom stereocenters. The predicted molar refractivity (Wildman–Crippen MR) is 63.2 cm³/mol. The van der Waals surface area contributed by atoms with Gasteiger partial charge in [0.25, 0.3) is 0 Å². The third-order valence-corrected chi connectivity index (χ3v) is 4.08. The van der Waals surface area contributed by atoms with E-state index in [-0.39, 0.29) is 6.03 Å². The first kappa shape index (κ1) is 10.4. The molecule has 0 unspecified atom stereocenters. The Morgan fingerprint density at radius 2 is 1.75 bits per heavy atom. The maximum atomic E-state index is 12.2. The zero-order chi connectivity index (χ0) is 11.0. The van der Waals surface area contributed by atoms with E-state index >= 15 is 0 Å². The van der Waals surface area contributed by atoms with Crippen LogP contribution in [0.1, 0.15) is 51.4 Å². The van der Waals surface area contributed by atoms with Crippen molar-refractivity contribution in [3.05, 3.63) is 0 Å². The molecule has 0 aromatic rings. The van der Waals surface area contributed by atoms with Gasteiger partial charge in [0, 0.05) is 18.6 Å². The number of carbonyl (C=O) groups excluding carboxylic acids is 1. The van der Waals surface area contributed by atoms with Crippen molar-refractivity contribution in [1.29, 1.82) is 0 Å². The maximum absolute atomic E-state index is 12.2. The van der Waals surface area contributed by atoms with Crippen LogP contribution in [-0.4, -0.2) is 29.6 Å². The quantitative estimate of drug-likeness (QED) is 0.779. The van der Waals surface area contributed by atoms with E-state index in [2.05, 4.69) is 10.2 Å². The van der Waals surface area contributed by atoms with Gasteiger partial charge in [-0.3, -0.25) is 0 Å². The average molecular weight is 222 g/mol. The largest absolute Gasteiger partial charge is 0.335 e. The molecule has 16 heavy (non-hydrogen) atoms. The molecule has 3 aliphatic rings. The Kier molecular flexibility index (Phi) is 2.78. The third kappa shape index (κ3) is 2.50. The lowest BCUT2D eigenvalue weighted by Gasteiger charge is -2.25. The van der Waals surface area contributed by atoms with Gasteiger partial charge in [-0.2, -0.15) is 0 Å². The van der Waals surface area contributed by atoms with E-state index in [0.29, 0.717) is 12.1 Å². The Balaban J connectivity index is 1.52. The molecule has 0 spiro atoms. The summed E-state index contributed by atoms with van der Waals surface area (Å²) in [6.45, 7) is 1.02. The maximum Gasteiger partial charge on any atom is 0.317 e. The highest BCUT2D eigenvalue weighted by molar-refractivity contribution is 5.75. The van der Waals surface area contributed by atoms with Gasteiger partial charge < -0.3 is 10.2 Å². The molecule has 0 aromatic carbocycles. The van der Waals surface area contributed by atoms with E-state index in [1.807, 2.05) is 0 Å². The number of urea groups is 1. The number of nitrogens with zero attached hydrogens (tertiary/aromatic N) is 1. The molecule has 3 fully saturated rings. The number of hydrogen-bond donors (Lipinski definition) is 1. The van der Waals surface area contributed by atoms with Crippen LogP contribution in [0, 0.1) is 5.92 Å². The predicted octanol–water partition coefficient (Wildman–Crippen LogP) is 2.51. The monoisotopic (exact) mass is 222 g/mol. The molecular formula is C13H22N2O. The van der Waals surface area contributed by atoms with Gasteiger partial charge in [0.15, 0.2) is 0 Å². The molecule has 0 radical (unpaired) electrons. The van der Waals surface area contributed by atoms with Crippen LogP contribution in [0.5, 0.6) is 0 Å². The van der Waals surface area contributed by atoms with Gasteiger partial charge in [0.1, 0.15) is 0 Å². The minimum absolute atomic E-state index is 0.223. The Morgan fingerprint density at radius 3 is 2.31 bits per heavy atom. The first-order chi connectivity index (χ1) is 7.83. The van der Waals surface area contributed by atoms with E-state index < -0.39 is 0 Å². The lowest BCUT2D eigenvalue weighted by atomic mass is 10.2. The first-order valence-corrected chi connectivity index (χ1v) is 6.90. The second-order valence-corrected chi connectivity index (χ2v) is 5.76. The second kappa shape index (κ2) is 4.27. The molecule has 0 saturated heterocycles. The molecule has 0 aliphatic heterocycles. The van der Waals surface area contributed by atoms with Crippen LogP contribution in [0.4, 0.5) is 4.79 Å². The third-order valence-electron chi connectivity index (χ3n) is 4.08. The molecule has 0 heterocycles. The topological polar surface area (TPSA) is 32.3 Å². The van der Waals surface area contributed by atoms with Gasteiger partial charge in [0.2, 0.25) is 0 Å². The van der Waals surface area contributed by atoms with Crippen molar-refractivity contribution in [2.24, 2.45) is 5.92 Å². The minimum atomic E-state index is 0.223. The summed E-state index contributed by atoms with van der Waals surface area (Å²) in [6, 6.07) is 1.26. The van der Waals surface area contributed by atoms with Crippen molar-refractivity contribution < 1.29 is 4.79 Å². The molecule has 1 N–H and O–H groups in total. The Labute approximate surface area is 97.6 Å². The Bertz CT molecular complexity index is 265. The van der Waals surface area contributed by atoms with Crippen LogP contribution in [0.3, 0.4) is 0 Å². The van der Waals surface area contributed by atoms with Gasteiger partial charge in [0.05, 0.1) is 0 Å². The lowest BCUT2D eigenvalue weighted by Crippen LogP contribution is -2.45. The normalized spacial score (nSPS) is 25.8. The van der Waals surface area contributed by atoms with Crippen molar-refractivity contribution in [3.8, 4) is 0 Å². The molecule has 3 saturated carbocycles. The van der Waals surface area contributed by atoms with Gasteiger partial charge >= 0.3 is 6.03 Å². The summed E-state index contributed by atoms with van der Waals surface area (Å²) in [5.74, 6) is 0.815. The van der Waals surface area contributed by atoms with E-state index in [4.69, 9.17) is 0 Å². The molecule has 0 aromatic heterocycles. The number of nitrogens with one attached hydrogen (secondary N) is 1. The first-order valence-electron chi connectivity index (χ1n) is 6.90. The summed E-state index contributed by atoms with van der Waals surface area (Å²) in [4.78, 5) is 14.3. The molecule has 0 bridgehead atoms. The van der Waals surface area contributed by atoms with Gasteiger partial charge in [-0.25, -0.2) is 4.79 Å². The number of amides is 2. The Hall–Kier alpha value is -0.730. The van der Waals surface area contributed by atoms with Gasteiger partial charge in [-0.1, -0.05) is 12.8 Å². The van der Waals surface area contributed by atoms with Gasteiger partial charge in [-0.05, 0) is 44.4 Å². The standard InChI is InChI=1S/C13H22N2O/c16-13(14-11-3-1-2-4-11)15(12-7-8-12)9-10-5-6-10/h10-12H,1-9H2,(H,14,16). The fourth-order valence-corrected chi connectivity index (χ4v) is 2.69. The number of carbonyl (C=O) groups is 1. The number of rotatable bonds is 4. The molecule has 90 valence electrons. The lowest BCUT2D eigenvalue weighted by molar-refractivity contribution is 0.188. The number of hydrogen-bond acceptors (Lipinski definition) is 1. The molecule has 3 heteroatoms. The average Bonchev–Trinajstić information content (AvgIpc) is 3.17. The SMILES string of the molecule is O=C(NC1CCCC1)N(CC1CC1)C1CC1. The molecule has 3 rings (SSSR count). The summed E-state index contributed by atoms with van der Waals surface area (Å²) in [5, 5.41) is 3.22. The zero-order valence-electron chi connectivity index (χ0n) is 9.95. The van der Waals surface area contributed by atoms with Crippen LogP contribution in [0.25, 0.3) is 0 Å². The minimum Gasteiger partial charge on any atom is -0.335 e. The van der Waals surface area contributed by atoms with Crippen LogP contribution in [0.15, 0.2) is 0 Å². The summed E-state index contributed by atoms with van der Waals surface area (Å²) < 4.78 is 0. The second-order valence-electron chi connectivity index (χ2n) is 5.76. The fraction of sp³-hybridized carbons (Fsp3) is 0.923. The molecule has 2 amide bonds. The summed E-state index contributed by atoms with van der Waals surface area (Å²) in [7, 11) is 0. The van der Waals surface area contributed by atoms with E-state index in [9.17, 15) is 4.79 Å². The van der Waals surface area contributed by atoms with Crippen LogP contribution >= 0.6 is 0 Å². The summed E-state index contributed by atoms with van der Waals surface area (Å²) in [6.07, 6.45) is 10.1. The smallest absolute Gasteiger partial charge is 0.317 e. The van der Waals surface area contributed by atoms with Gasteiger partial charge in [-0.15, -0.1) is 0 Å². The van der Waals surface area contributed by atoms with E-state index in [1.165, 1.54) is 51.4 Å². The molecular weight excluding hydrogens is 200 g/mol. The van der Waals surface area contributed by atoms with Crippen LogP contribution in [-0.2, 0) is 0 Å². The van der Waals surface area contributed by atoms with Crippen molar-refractivity contribution in [2.45, 2.75) is 63.5 Å². The van der Waals surface area contributed by atoms with Crippen LogP contribution in [0.2, 0.25) is 0 Å². The van der Waals surface area contributed by atoms with E-state index in [1.54, 1.807) is 0 Å². The molecule has 3 aliphatic carbocycles. The van der Waals surface area contributed by atoms with Crippen molar-refractivity contribution >= 4 is 6.03 Å². The highest BCUT2D eigenvalue weighted by Crippen LogP contribution is 2.35. The fourth-order valence-electron chi connectivity index (χ4n) is 2.69. The van der Waals surface area contributed by atoms with Crippen molar-refractivity contribution in [1.82, 2.24) is 10.2 Å². The summed E-state index contributed by atoms with van der Waals surface area (Å²) >= 11 is 0. The summed E-state index contributed by atoms with van der Waals surface area (Å²) in [5.41, 5.74) is 0. The van der Waals surface area contributed by atoms with E-state index in [0.717, 1.165) is 12.5 Å². The highest BCUT2D eigenvalue weighted by Gasteiger charge is 2.37. The van der Waals surface area contributed by atoms with Crippen molar-refractivity contribution in [2.75, 3.05) is 6.54 Å². The zero-order valence-corrected chi connectivity index (χ0v) is 9.95. The van der Waals surface area contributed by atoms with Crippen molar-refractivity contribution in [3.63, 3.8) is 0 Å².